The summed E-state index contributed by atoms with van der Waals surface area (Å²) in [6.45, 7) is 4.12. The number of aromatic carboxylic acids is 1. The number of anilines is 1. The normalized spacial score (nSPS) is 10.2. The molecule has 0 radical (unpaired) electrons. The highest BCUT2D eigenvalue weighted by atomic mass is 16.4. The van der Waals surface area contributed by atoms with Crippen LogP contribution in [0.2, 0.25) is 0 Å². The Morgan fingerprint density at radius 1 is 1.37 bits per heavy atom. The third-order valence-electron chi connectivity index (χ3n) is 2.58. The average Bonchev–Trinajstić information content (AvgIpc) is 2.40. The van der Waals surface area contributed by atoms with Crippen LogP contribution in [0.15, 0.2) is 24.5 Å². The molecule has 2 aromatic heterocycles. The number of carboxylic acid groups (broad SMARTS) is 1. The van der Waals surface area contributed by atoms with E-state index in [0.29, 0.717) is 18.1 Å². The van der Waals surface area contributed by atoms with Gasteiger partial charge in [0.25, 0.3) is 0 Å². The van der Waals surface area contributed by atoms with Gasteiger partial charge < -0.3 is 10.4 Å². The van der Waals surface area contributed by atoms with Gasteiger partial charge in [-0.15, -0.1) is 0 Å². The molecule has 0 atom stereocenters. The van der Waals surface area contributed by atoms with E-state index in [-0.39, 0.29) is 5.56 Å². The SMILES string of the molecule is Cc1cnc(C)c(NCc2cc(C(=O)O)ccn2)n1. The van der Waals surface area contributed by atoms with E-state index < -0.39 is 5.97 Å². The van der Waals surface area contributed by atoms with E-state index in [2.05, 4.69) is 20.3 Å². The second-order valence-corrected chi connectivity index (χ2v) is 4.14. The quantitative estimate of drug-likeness (QED) is 0.869. The number of rotatable bonds is 4. The lowest BCUT2D eigenvalue weighted by molar-refractivity contribution is 0.0696. The van der Waals surface area contributed by atoms with Crippen molar-refractivity contribution >= 4 is 11.8 Å². The molecule has 0 unspecified atom stereocenters. The van der Waals surface area contributed by atoms with Crippen LogP contribution in [-0.2, 0) is 6.54 Å². The number of nitrogens with one attached hydrogen (secondary N) is 1. The minimum atomic E-state index is -0.963. The highest BCUT2D eigenvalue weighted by Crippen LogP contribution is 2.10. The van der Waals surface area contributed by atoms with E-state index in [4.69, 9.17) is 5.11 Å². The monoisotopic (exact) mass is 258 g/mol. The maximum absolute atomic E-state index is 10.9. The van der Waals surface area contributed by atoms with Gasteiger partial charge in [-0.05, 0) is 26.0 Å². The van der Waals surface area contributed by atoms with Gasteiger partial charge in [0.05, 0.1) is 29.2 Å². The molecule has 0 aliphatic heterocycles. The molecular formula is C13H14N4O2. The van der Waals surface area contributed by atoms with Crippen LogP contribution in [0.25, 0.3) is 0 Å². The zero-order valence-corrected chi connectivity index (χ0v) is 10.7. The fourth-order valence-corrected chi connectivity index (χ4v) is 1.59. The molecule has 0 aliphatic carbocycles. The largest absolute Gasteiger partial charge is 0.478 e. The van der Waals surface area contributed by atoms with Crippen molar-refractivity contribution in [1.29, 1.82) is 0 Å². The lowest BCUT2D eigenvalue weighted by atomic mass is 10.2. The van der Waals surface area contributed by atoms with Crippen LogP contribution in [0.1, 0.15) is 27.4 Å². The molecule has 0 aromatic carbocycles. The molecule has 19 heavy (non-hydrogen) atoms. The first-order chi connectivity index (χ1) is 9.06. The fraction of sp³-hybridized carbons (Fsp3) is 0.231. The number of pyridine rings is 1. The predicted molar refractivity (Wildman–Crippen MR) is 70.0 cm³/mol. The van der Waals surface area contributed by atoms with E-state index in [9.17, 15) is 4.79 Å². The van der Waals surface area contributed by atoms with Crippen LogP contribution in [-0.4, -0.2) is 26.0 Å². The minimum absolute atomic E-state index is 0.221. The maximum atomic E-state index is 10.9. The van der Waals surface area contributed by atoms with Crippen molar-refractivity contribution in [1.82, 2.24) is 15.0 Å². The molecule has 0 saturated heterocycles. The molecule has 6 nitrogen and oxygen atoms in total. The first kappa shape index (κ1) is 12.9. The molecular weight excluding hydrogens is 244 g/mol. The molecule has 0 saturated carbocycles. The Morgan fingerprint density at radius 3 is 2.89 bits per heavy atom. The first-order valence-electron chi connectivity index (χ1n) is 5.78. The highest BCUT2D eigenvalue weighted by Gasteiger charge is 2.06. The van der Waals surface area contributed by atoms with Gasteiger partial charge in [0.1, 0.15) is 5.82 Å². The summed E-state index contributed by atoms with van der Waals surface area (Å²) in [5.41, 5.74) is 2.47. The third kappa shape index (κ3) is 3.25. The number of hydrogen-bond donors (Lipinski definition) is 2. The Morgan fingerprint density at radius 2 is 2.16 bits per heavy atom. The van der Waals surface area contributed by atoms with Gasteiger partial charge in [0, 0.05) is 12.4 Å². The smallest absolute Gasteiger partial charge is 0.335 e. The van der Waals surface area contributed by atoms with E-state index in [1.165, 1.54) is 18.3 Å². The van der Waals surface area contributed by atoms with Crippen LogP contribution in [0.5, 0.6) is 0 Å². The van der Waals surface area contributed by atoms with E-state index in [0.717, 1.165) is 11.4 Å². The Labute approximate surface area is 110 Å². The van der Waals surface area contributed by atoms with Crippen molar-refractivity contribution in [2.24, 2.45) is 0 Å². The summed E-state index contributed by atoms with van der Waals surface area (Å²) in [6.07, 6.45) is 3.18. The Hall–Kier alpha value is -2.50. The van der Waals surface area contributed by atoms with Gasteiger partial charge in [0.15, 0.2) is 0 Å². The molecule has 2 rings (SSSR count). The Kier molecular flexibility index (Phi) is 3.70. The van der Waals surface area contributed by atoms with Gasteiger partial charge in [-0.25, -0.2) is 9.78 Å². The second kappa shape index (κ2) is 5.43. The fourth-order valence-electron chi connectivity index (χ4n) is 1.59. The van der Waals surface area contributed by atoms with E-state index in [1.807, 2.05) is 13.8 Å². The number of carbonyl (C=O) groups is 1. The van der Waals surface area contributed by atoms with Crippen molar-refractivity contribution in [3.8, 4) is 0 Å². The lowest BCUT2D eigenvalue weighted by Gasteiger charge is -2.08. The molecule has 0 aliphatic rings. The van der Waals surface area contributed by atoms with Gasteiger partial charge in [0.2, 0.25) is 0 Å². The zero-order valence-electron chi connectivity index (χ0n) is 10.7. The lowest BCUT2D eigenvalue weighted by Crippen LogP contribution is -2.07. The van der Waals surface area contributed by atoms with Crippen LogP contribution in [0.3, 0.4) is 0 Å². The predicted octanol–water partition coefficient (Wildman–Crippen LogP) is 1.80. The van der Waals surface area contributed by atoms with Crippen molar-refractivity contribution < 1.29 is 9.90 Å². The van der Waals surface area contributed by atoms with Gasteiger partial charge in [-0.3, -0.25) is 9.97 Å². The molecule has 2 N–H and O–H groups in total. The summed E-state index contributed by atoms with van der Waals surface area (Å²) in [7, 11) is 0. The minimum Gasteiger partial charge on any atom is -0.478 e. The molecule has 2 heterocycles. The second-order valence-electron chi connectivity index (χ2n) is 4.14. The molecule has 2 aromatic rings. The summed E-state index contributed by atoms with van der Waals surface area (Å²) >= 11 is 0. The van der Waals surface area contributed by atoms with Crippen LogP contribution in [0, 0.1) is 13.8 Å². The van der Waals surface area contributed by atoms with Gasteiger partial charge in [-0.2, -0.15) is 0 Å². The highest BCUT2D eigenvalue weighted by molar-refractivity contribution is 5.87. The number of aryl methyl sites for hydroxylation is 2. The van der Waals surface area contributed by atoms with Gasteiger partial charge in [-0.1, -0.05) is 0 Å². The maximum Gasteiger partial charge on any atom is 0.335 e. The molecule has 6 heteroatoms. The molecule has 0 amide bonds. The molecule has 0 bridgehead atoms. The van der Waals surface area contributed by atoms with Crippen LogP contribution >= 0.6 is 0 Å². The zero-order chi connectivity index (χ0) is 13.8. The van der Waals surface area contributed by atoms with E-state index in [1.54, 1.807) is 6.20 Å². The first-order valence-corrected chi connectivity index (χ1v) is 5.78. The van der Waals surface area contributed by atoms with Crippen molar-refractivity contribution in [2.45, 2.75) is 20.4 Å². The molecule has 98 valence electrons. The summed E-state index contributed by atoms with van der Waals surface area (Å²) < 4.78 is 0. The number of aromatic nitrogens is 3. The summed E-state index contributed by atoms with van der Waals surface area (Å²) in [5.74, 6) is -0.280. The summed E-state index contributed by atoms with van der Waals surface area (Å²) in [4.78, 5) is 23.5. The standard InChI is InChI=1S/C13H14N4O2/c1-8-6-15-9(2)12(17-8)16-7-11-5-10(13(18)19)3-4-14-11/h3-6H,7H2,1-2H3,(H,16,17)(H,18,19). The van der Waals surface area contributed by atoms with Crippen molar-refractivity contribution in [2.75, 3.05) is 5.32 Å². The molecule has 0 spiro atoms. The molecule has 0 fully saturated rings. The topological polar surface area (TPSA) is 88.0 Å². The van der Waals surface area contributed by atoms with Crippen LogP contribution in [0.4, 0.5) is 5.82 Å². The van der Waals surface area contributed by atoms with E-state index >= 15 is 0 Å². The van der Waals surface area contributed by atoms with Crippen molar-refractivity contribution in [3.63, 3.8) is 0 Å². The Balaban J connectivity index is 2.12. The third-order valence-corrected chi connectivity index (χ3v) is 2.58. The summed E-state index contributed by atoms with van der Waals surface area (Å²) in [5, 5.41) is 12.0. The van der Waals surface area contributed by atoms with Crippen LogP contribution < -0.4 is 5.32 Å². The Bertz CT molecular complexity index is 613. The van der Waals surface area contributed by atoms with Crippen molar-refractivity contribution in [3.05, 3.63) is 47.2 Å². The number of hydrogen-bond acceptors (Lipinski definition) is 5. The summed E-state index contributed by atoms with van der Waals surface area (Å²) in [6, 6.07) is 3.00. The average molecular weight is 258 g/mol. The number of carboxylic acids is 1. The van der Waals surface area contributed by atoms with Gasteiger partial charge >= 0.3 is 5.97 Å². The number of nitrogens with zero attached hydrogens (tertiary/aromatic N) is 3.